The molecule has 2 aromatic rings. The Morgan fingerprint density at radius 2 is 2.11 bits per heavy atom. The predicted molar refractivity (Wildman–Crippen MR) is 78.9 cm³/mol. The summed E-state index contributed by atoms with van der Waals surface area (Å²) in [5.74, 6) is 0.231. The highest BCUT2D eigenvalue weighted by molar-refractivity contribution is 7.11. The number of aromatic nitrogens is 2. The predicted octanol–water partition coefficient (Wildman–Crippen LogP) is 3.22. The lowest BCUT2D eigenvalue weighted by atomic mass is 10.2. The van der Waals surface area contributed by atoms with Gasteiger partial charge in [-0.25, -0.2) is 9.97 Å². The lowest BCUT2D eigenvalue weighted by Crippen LogP contribution is -2.22. The van der Waals surface area contributed by atoms with Gasteiger partial charge in [-0.2, -0.15) is 0 Å². The molecule has 4 nitrogen and oxygen atoms in total. The summed E-state index contributed by atoms with van der Waals surface area (Å²) in [6.07, 6.45) is 0.925. The van der Waals surface area contributed by atoms with Gasteiger partial charge in [-0.05, 0) is 12.3 Å². The van der Waals surface area contributed by atoms with Gasteiger partial charge in [0.25, 0.3) is 5.91 Å². The maximum absolute atomic E-state index is 11.9. The van der Waals surface area contributed by atoms with Gasteiger partial charge >= 0.3 is 0 Å². The zero-order valence-corrected chi connectivity index (χ0v) is 12.9. The van der Waals surface area contributed by atoms with Crippen LogP contribution < -0.4 is 5.32 Å². The van der Waals surface area contributed by atoms with Crippen LogP contribution in [0.3, 0.4) is 0 Å². The van der Waals surface area contributed by atoms with Gasteiger partial charge in [-0.3, -0.25) is 4.79 Å². The molecule has 0 fully saturated rings. The van der Waals surface area contributed by atoms with Crippen LogP contribution in [-0.2, 0) is 13.0 Å². The summed E-state index contributed by atoms with van der Waals surface area (Å²) in [5, 5.41) is 8.29. The fourth-order valence-electron chi connectivity index (χ4n) is 1.48. The molecule has 2 heterocycles. The summed E-state index contributed by atoms with van der Waals surface area (Å²) in [6.45, 7) is 6.68. The Kier molecular flexibility index (Phi) is 4.66. The molecule has 6 heteroatoms. The Bertz CT molecular complexity index is 560. The lowest BCUT2D eigenvalue weighted by Gasteiger charge is -2.00. The summed E-state index contributed by atoms with van der Waals surface area (Å²) in [7, 11) is 0. The molecule has 1 amide bonds. The van der Waals surface area contributed by atoms with E-state index in [4.69, 9.17) is 0 Å². The van der Waals surface area contributed by atoms with Crippen molar-refractivity contribution < 1.29 is 4.79 Å². The van der Waals surface area contributed by atoms with E-state index in [0.29, 0.717) is 17.5 Å². The Hall–Kier alpha value is -1.27. The number of thiazole rings is 2. The molecule has 19 heavy (non-hydrogen) atoms. The van der Waals surface area contributed by atoms with Gasteiger partial charge in [-0.15, -0.1) is 22.7 Å². The van der Waals surface area contributed by atoms with Crippen LogP contribution in [0.1, 0.15) is 52.9 Å². The minimum Gasteiger partial charge on any atom is -0.343 e. The van der Waals surface area contributed by atoms with Gasteiger partial charge in [0.1, 0.15) is 5.01 Å². The van der Waals surface area contributed by atoms with E-state index < -0.39 is 0 Å². The first-order valence-electron chi connectivity index (χ1n) is 6.27. The molecule has 0 radical (unpaired) electrons. The highest BCUT2D eigenvalue weighted by Crippen LogP contribution is 2.18. The molecule has 0 aromatic carbocycles. The highest BCUT2D eigenvalue weighted by Gasteiger charge is 2.13. The van der Waals surface area contributed by atoms with Gasteiger partial charge < -0.3 is 5.32 Å². The Balaban J connectivity index is 1.93. The van der Waals surface area contributed by atoms with Crippen LogP contribution >= 0.6 is 22.7 Å². The van der Waals surface area contributed by atoms with E-state index >= 15 is 0 Å². The quantitative estimate of drug-likeness (QED) is 0.921. The third-order valence-corrected chi connectivity index (χ3v) is 4.43. The van der Waals surface area contributed by atoms with Crippen molar-refractivity contribution in [1.29, 1.82) is 0 Å². The second-order valence-electron chi connectivity index (χ2n) is 4.50. The largest absolute Gasteiger partial charge is 0.343 e. The molecule has 0 aliphatic heterocycles. The van der Waals surface area contributed by atoms with Crippen LogP contribution in [0.2, 0.25) is 0 Å². The molecule has 0 saturated carbocycles. The average Bonchev–Trinajstić information content (AvgIpc) is 3.04. The SMILES string of the molecule is CCc1csc(CNC(=O)c2nc(C(C)C)cs2)n1. The standard InChI is InChI=1S/C13H17N3OS2/c1-4-9-6-18-11(15-9)5-14-12(17)13-16-10(7-19-13)8(2)3/h6-8H,4-5H2,1-3H3,(H,14,17). The van der Waals surface area contributed by atoms with E-state index in [1.54, 1.807) is 11.3 Å². The summed E-state index contributed by atoms with van der Waals surface area (Å²) in [4.78, 5) is 20.7. The third-order valence-electron chi connectivity index (χ3n) is 2.67. The van der Waals surface area contributed by atoms with Gasteiger partial charge in [0.15, 0.2) is 5.01 Å². The second-order valence-corrected chi connectivity index (χ2v) is 6.30. The van der Waals surface area contributed by atoms with Crippen molar-refractivity contribution in [3.8, 4) is 0 Å². The molecular weight excluding hydrogens is 278 g/mol. The van der Waals surface area contributed by atoms with E-state index in [0.717, 1.165) is 22.8 Å². The van der Waals surface area contributed by atoms with Crippen molar-refractivity contribution >= 4 is 28.6 Å². The van der Waals surface area contributed by atoms with Crippen LogP contribution in [0.4, 0.5) is 0 Å². The first kappa shape index (κ1) is 14.1. The fourth-order valence-corrected chi connectivity index (χ4v) is 3.19. The minimum absolute atomic E-state index is 0.120. The molecule has 0 unspecified atom stereocenters. The number of carbonyl (C=O) groups is 1. The van der Waals surface area contributed by atoms with Crippen molar-refractivity contribution in [2.75, 3.05) is 0 Å². The van der Waals surface area contributed by atoms with Crippen molar-refractivity contribution in [3.05, 3.63) is 32.2 Å². The van der Waals surface area contributed by atoms with Crippen LogP contribution in [0.5, 0.6) is 0 Å². The summed E-state index contributed by atoms with van der Waals surface area (Å²) in [5.41, 5.74) is 2.04. The van der Waals surface area contributed by atoms with Crippen molar-refractivity contribution in [3.63, 3.8) is 0 Å². The topological polar surface area (TPSA) is 54.9 Å². The van der Waals surface area contributed by atoms with Gasteiger partial charge in [-0.1, -0.05) is 20.8 Å². The molecule has 102 valence electrons. The number of hydrogen-bond acceptors (Lipinski definition) is 5. The lowest BCUT2D eigenvalue weighted by molar-refractivity contribution is 0.0950. The first-order chi connectivity index (χ1) is 9.10. The molecule has 2 aromatic heterocycles. The molecule has 0 aliphatic carbocycles. The molecule has 0 saturated heterocycles. The maximum atomic E-state index is 11.9. The number of nitrogens with zero attached hydrogens (tertiary/aromatic N) is 2. The molecular formula is C13H17N3OS2. The Morgan fingerprint density at radius 3 is 2.68 bits per heavy atom. The van der Waals surface area contributed by atoms with Crippen molar-refractivity contribution in [2.45, 2.75) is 39.7 Å². The van der Waals surface area contributed by atoms with Crippen molar-refractivity contribution in [2.24, 2.45) is 0 Å². The average molecular weight is 295 g/mol. The van der Waals surface area contributed by atoms with Gasteiger partial charge in [0.05, 0.1) is 17.9 Å². The summed E-state index contributed by atoms with van der Waals surface area (Å²) < 4.78 is 0. The fraction of sp³-hybridized carbons (Fsp3) is 0.462. The maximum Gasteiger partial charge on any atom is 0.280 e. The minimum atomic E-state index is -0.120. The normalized spacial score (nSPS) is 10.9. The number of hydrogen-bond donors (Lipinski definition) is 1. The van der Waals surface area contributed by atoms with E-state index in [1.807, 2.05) is 10.8 Å². The van der Waals surface area contributed by atoms with Gasteiger partial charge in [0.2, 0.25) is 0 Å². The van der Waals surface area contributed by atoms with E-state index in [1.165, 1.54) is 11.3 Å². The van der Waals surface area contributed by atoms with Crippen LogP contribution in [-0.4, -0.2) is 15.9 Å². The molecule has 1 N–H and O–H groups in total. The number of carbonyl (C=O) groups excluding carboxylic acids is 1. The zero-order valence-electron chi connectivity index (χ0n) is 11.3. The van der Waals surface area contributed by atoms with Gasteiger partial charge in [0, 0.05) is 10.8 Å². The molecule has 0 atom stereocenters. The molecule has 2 rings (SSSR count). The zero-order chi connectivity index (χ0) is 13.8. The first-order valence-corrected chi connectivity index (χ1v) is 8.03. The summed E-state index contributed by atoms with van der Waals surface area (Å²) >= 11 is 2.97. The number of nitrogens with one attached hydrogen (secondary N) is 1. The summed E-state index contributed by atoms with van der Waals surface area (Å²) in [6, 6.07) is 0. The Morgan fingerprint density at radius 1 is 1.32 bits per heavy atom. The second kappa shape index (κ2) is 6.25. The van der Waals surface area contributed by atoms with Crippen molar-refractivity contribution in [1.82, 2.24) is 15.3 Å². The molecule has 0 spiro atoms. The highest BCUT2D eigenvalue weighted by atomic mass is 32.1. The number of amides is 1. The van der Waals surface area contributed by atoms with E-state index in [9.17, 15) is 4.79 Å². The van der Waals surface area contributed by atoms with Crippen LogP contribution in [0.25, 0.3) is 0 Å². The monoisotopic (exact) mass is 295 g/mol. The van der Waals surface area contributed by atoms with Crippen LogP contribution in [0, 0.1) is 0 Å². The smallest absolute Gasteiger partial charge is 0.280 e. The van der Waals surface area contributed by atoms with Crippen LogP contribution in [0.15, 0.2) is 10.8 Å². The molecule has 0 aliphatic rings. The number of rotatable bonds is 5. The number of aryl methyl sites for hydroxylation is 1. The Labute approximate surface area is 120 Å². The molecule has 0 bridgehead atoms. The van der Waals surface area contributed by atoms with E-state index in [2.05, 4.69) is 36.1 Å². The third kappa shape index (κ3) is 3.61. The van der Waals surface area contributed by atoms with E-state index in [-0.39, 0.29) is 5.91 Å².